The zero-order valence-corrected chi connectivity index (χ0v) is 13.3. The Bertz CT molecular complexity index is 413. The molecular weight excluding hydrogens is 260 g/mol. The number of likely N-dealkylation sites (N-methyl/N-ethyl adjacent to an activating group) is 1. The van der Waals surface area contributed by atoms with E-state index in [1.54, 1.807) is 0 Å². The van der Waals surface area contributed by atoms with Crippen LogP contribution in [0.15, 0.2) is 11.8 Å². The third-order valence-electron chi connectivity index (χ3n) is 5.32. The van der Waals surface area contributed by atoms with E-state index in [4.69, 9.17) is 0 Å². The monoisotopic (exact) mass is 288 g/mol. The average Bonchev–Trinajstić information content (AvgIpc) is 2.55. The highest BCUT2D eigenvalue weighted by molar-refractivity contribution is 5.25. The molecule has 2 atom stereocenters. The van der Waals surface area contributed by atoms with E-state index in [0.717, 1.165) is 12.0 Å². The molecule has 0 radical (unpaired) electrons. The minimum Gasteiger partial charge on any atom is -0.362 e. The van der Waals surface area contributed by atoms with Crippen molar-refractivity contribution in [3.05, 3.63) is 11.8 Å². The molecule has 0 unspecified atom stereocenters. The largest absolute Gasteiger partial charge is 0.362 e. The zero-order chi connectivity index (χ0) is 14.7. The van der Waals surface area contributed by atoms with Crippen molar-refractivity contribution in [3.8, 4) is 6.07 Å². The van der Waals surface area contributed by atoms with E-state index in [1.807, 2.05) is 0 Å². The van der Waals surface area contributed by atoms with Crippen LogP contribution in [0.2, 0.25) is 0 Å². The van der Waals surface area contributed by atoms with Gasteiger partial charge in [-0.1, -0.05) is 12.8 Å². The Morgan fingerprint density at radius 1 is 0.952 bits per heavy atom. The van der Waals surface area contributed by atoms with Crippen molar-refractivity contribution in [2.24, 2.45) is 0 Å². The van der Waals surface area contributed by atoms with E-state index in [9.17, 15) is 5.26 Å². The van der Waals surface area contributed by atoms with Gasteiger partial charge in [0, 0.05) is 44.4 Å². The Morgan fingerprint density at radius 3 is 2.10 bits per heavy atom. The molecule has 2 saturated heterocycles. The van der Waals surface area contributed by atoms with E-state index >= 15 is 0 Å². The molecule has 21 heavy (non-hydrogen) atoms. The van der Waals surface area contributed by atoms with E-state index < -0.39 is 0 Å². The van der Waals surface area contributed by atoms with E-state index in [-0.39, 0.29) is 0 Å². The van der Waals surface area contributed by atoms with E-state index in [0.29, 0.717) is 12.2 Å². The fourth-order valence-corrected chi connectivity index (χ4v) is 4.30. The minimum absolute atomic E-state index is 0.459. The maximum Gasteiger partial charge on any atom is 0.0974 e. The van der Waals surface area contributed by atoms with Crippen molar-refractivity contribution in [1.29, 1.82) is 5.26 Å². The summed E-state index contributed by atoms with van der Waals surface area (Å²) in [7, 11) is 2.16. The zero-order valence-electron chi connectivity index (χ0n) is 13.3. The predicted octanol–water partition coefficient (Wildman–Crippen LogP) is 2.40. The molecule has 0 aromatic rings. The summed E-state index contributed by atoms with van der Waals surface area (Å²) in [5, 5.41) is 9.34. The number of rotatable bonds is 2. The maximum atomic E-state index is 9.34. The molecule has 0 amide bonds. The summed E-state index contributed by atoms with van der Waals surface area (Å²) in [5.41, 5.74) is 0.946. The fourth-order valence-electron chi connectivity index (χ4n) is 4.30. The number of hydrogen-bond acceptors (Lipinski definition) is 4. The van der Waals surface area contributed by atoms with Gasteiger partial charge in [-0.15, -0.1) is 0 Å². The Labute approximate surface area is 129 Å². The lowest BCUT2D eigenvalue weighted by Crippen LogP contribution is -2.61. The Kier molecular flexibility index (Phi) is 4.82. The second-order valence-electron chi connectivity index (χ2n) is 6.81. The molecule has 3 aliphatic heterocycles. The summed E-state index contributed by atoms with van der Waals surface area (Å²) < 4.78 is 0. The van der Waals surface area contributed by atoms with Crippen LogP contribution >= 0.6 is 0 Å². The van der Waals surface area contributed by atoms with Crippen LogP contribution in [-0.2, 0) is 0 Å². The molecule has 3 heterocycles. The second-order valence-corrected chi connectivity index (χ2v) is 6.81. The van der Waals surface area contributed by atoms with Crippen molar-refractivity contribution in [2.45, 2.75) is 57.2 Å². The van der Waals surface area contributed by atoms with Crippen LogP contribution < -0.4 is 0 Å². The summed E-state index contributed by atoms with van der Waals surface area (Å²) in [6, 6.07) is 2.89. The summed E-state index contributed by atoms with van der Waals surface area (Å²) in [6.07, 6.45) is 11.5. The number of nitrogens with zero attached hydrogens (tertiary/aromatic N) is 4. The molecule has 3 rings (SSSR count). The first-order chi connectivity index (χ1) is 10.3. The number of nitriles is 1. The van der Waals surface area contributed by atoms with Gasteiger partial charge in [0.25, 0.3) is 0 Å². The Hall–Kier alpha value is -1.05. The Morgan fingerprint density at radius 2 is 1.52 bits per heavy atom. The molecule has 0 aliphatic carbocycles. The van der Waals surface area contributed by atoms with E-state index in [1.165, 1.54) is 64.7 Å². The molecule has 0 spiro atoms. The van der Waals surface area contributed by atoms with Crippen LogP contribution in [-0.4, -0.2) is 60.1 Å². The maximum absolute atomic E-state index is 9.34. The highest BCUT2D eigenvalue weighted by Gasteiger charge is 2.38. The normalized spacial score (nSPS) is 32.6. The summed E-state index contributed by atoms with van der Waals surface area (Å²) in [4.78, 5) is 7.63. The third kappa shape index (κ3) is 3.25. The third-order valence-corrected chi connectivity index (χ3v) is 5.32. The molecule has 4 heteroatoms. The van der Waals surface area contributed by atoms with Gasteiger partial charge < -0.3 is 4.90 Å². The SMILES string of the molecule is CN1C=C(C#N)C[C@H](N2CCCCC2)[C@H]1N1CCCCC1. The summed E-state index contributed by atoms with van der Waals surface area (Å²) in [5.74, 6) is 0. The molecule has 2 fully saturated rings. The highest BCUT2D eigenvalue weighted by atomic mass is 15.4. The van der Waals surface area contributed by atoms with Crippen LogP contribution in [0.5, 0.6) is 0 Å². The van der Waals surface area contributed by atoms with Gasteiger partial charge >= 0.3 is 0 Å². The lowest BCUT2D eigenvalue weighted by molar-refractivity contribution is -0.0155. The van der Waals surface area contributed by atoms with Crippen molar-refractivity contribution in [1.82, 2.24) is 14.7 Å². The Balaban J connectivity index is 1.81. The first-order valence-electron chi connectivity index (χ1n) is 8.60. The predicted molar refractivity (Wildman–Crippen MR) is 84.5 cm³/mol. The summed E-state index contributed by atoms with van der Waals surface area (Å²) in [6.45, 7) is 4.85. The number of piperidine rings is 2. The van der Waals surface area contributed by atoms with Crippen LogP contribution in [0.1, 0.15) is 44.9 Å². The van der Waals surface area contributed by atoms with Gasteiger partial charge in [-0.25, -0.2) is 0 Å². The number of hydrogen-bond donors (Lipinski definition) is 0. The number of likely N-dealkylation sites (tertiary alicyclic amines) is 2. The molecular formula is C17H28N4. The second kappa shape index (κ2) is 6.81. The van der Waals surface area contributed by atoms with Gasteiger partial charge in [0.15, 0.2) is 0 Å². The molecule has 0 aromatic carbocycles. The molecule has 0 N–H and O–H groups in total. The molecule has 4 nitrogen and oxygen atoms in total. The first kappa shape index (κ1) is 14.9. The molecule has 0 aromatic heterocycles. The van der Waals surface area contributed by atoms with Gasteiger partial charge in [-0.2, -0.15) is 5.26 Å². The van der Waals surface area contributed by atoms with Crippen molar-refractivity contribution in [3.63, 3.8) is 0 Å². The lowest BCUT2D eigenvalue weighted by atomic mass is 9.94. The van der Waals surface area contributed by atoms with Crippen molar-refractivity contribution >= 4 is 0 Å². The lowest BCUT2D eigenvalue weighted by Gasteiger charge is -2.50. The van der Waals surface area contributed by atoms with Crippen LogP contribution in [0.25, 0.3) is 0 Å². The van der Waals surface area contributed by atoms with Crippen molar-refractivity contribution < 1.29 is 0 Å². The average molecular weight is 288 g/mol. The molecule has 116 valence electrons. The quantitative estimate of drug-likeness (QED) is 0.781. The van der Waals surface area contributed by atoms with E-state index in [2.05, 4.69) is 34.0 Å². The smallest absolute Gasteiger partial charge is 0.0974 e. The highest BCUT2D eigenvalue weighted by Crippen LogP contribution is 2.30. The van der Waals surface area contributed by atoms with Gasteiger partial charge in [0.05, 0.1) is 12.2 Å². The standard InChI is InChI=1S/C17H28N4/c1-19-14-15(13-18)12-16(20-8-4-2-5-9-20)17(19)21-10-6-3-7-11-21/h14,16-17H,2-12H2,1H3/t16-,17+/m0/s1. The van der Waals surface area contributed by atoms with Gasteiger partial charge in [0.1, 0.15) is 0 Å². The fraction of sp³-hybridized carbons (Fsp3) is 0.824. The molecule has 0 saturated carbocycles. The first-order valence-corrected chi connectivity index (χ1v) is 8.60. The van der Waals surface area contributed by atoms with Crippen molar-refractivity contribution in [2.75, 3.05) is 33.2 Å². The minimum atomic E-state index is 0.459. The summed E-state index contributed by atoms with van der Waals surface area (Å²) >= 11 is 0. The molecule has 3 aliphatic rings. The van der Waals surface area contributed by atoms with Crippen LogP contribution in [0.4, 0.5) is 0 Å². The van der Waals surface area contributed by atoms with Gasteiger partial charge in [-0.3, -0.25) is 9.80 Å². The van der Waals surface area contributed by atoms with Gasteiger partial charge in [-0.05, 0) is 38.8 Å². The topological polar surface area (TPSA) is 33.5 Å². The van der Waals surface area contributed by atoms with Gasteiger partial charge in [0.2, 0.25) is 0 Å². The van der Waals surface area contributed by atoms with Crippen LogP contribution in [0.3, 0.4) is 0 Å². The van der Waals surface area contributed by atoms with Crippen LogP contribution in [0, 0.1) is 11.3 Å². The molecule has 0 bridgehead atoms.